The molecule has 0 saturated carbocycles. The minimum absolute atomic E-state index is 0.0113. The van der Waals surface area contributed by atoms with Crippen LogP contribution in [0.5, 0.6) is 0 Å². The average molecular weight is 270 g/mol. The molecule has 0 radical (unpaired) electrons. The van der Waals surface area contributed by atoms with Crippen LogP contribution in [0, 0.1) is 6.92 Å². The summed E-state index contributed by atoms with van der Waals surface area (Å²) in [6, 6.07) is 12.9. The molecule has 19 heavy (non-hydrogen) atoms. The van der Waals surface area contributed by atoms with E-state index in [9.17, 15) is 4.79 Å². The molecule has 3 heteroatoms. The molecule has 1 heterocycles. The van der Waals surface area contributed by atoms with Crippen molar-refractivity contribution in [3.8, 4) is 0 Å². The molecule has 0 aliphatic heterocycles. The Bertz CT molecular complexity index is 756. The van der Waals surface area contributed by atoms with Crippen molar-refractivity contribution >= 4 is 28.3 Å². The predicted octanol–water partition coefficient (Wildman–Crippen LogP) is 4.36. The Morgan fingerprint density at radius 1 is 1.11 bits per heavy atom. The molecule has 0 bridgehead atoms. The molecule has 2 aromatic carbocycles. The Hall–Kier alpha value is -2.06. The molecule has 0 fully saturated rings. The number of ketones is 1. The van der Waals surface area contributed by atoms with Gasteiger partial charge in [-0.1, -0.05) is 23.7 Å². The normalized spacial score (nSPS) is 10.8. The third kappa shape index (κ3) is 2.04. The van der Waals surface area contributed by atoms with Gasteiger partial charge in [-0.15, -0.1) is 0 Å². The summed E-state index contributed by atoms with van der Waals surface area (Å²) < 4.78 is 0. The number of benzene rings is 2. The molecule has 1 aromatic heterocycles. The van der Waals surface area contributed by atoms with Crippen LogP contribution in [0.3, 0.4) is 0 Å². The third-order valence-corrected chi connectivity index (χ3v) is 3.52. The zero-order chi connectivity index (χ0) is 13.4. The first-order chi connectivity index (χ1) is 9.16. The number of H-pyrrole nitrogens is 1. The van der Waals surface area contributed by atoms with E-state index in [0.29, 0.717) is 16.1 Å². The Balaban J connectivity index is 2.14. The van der Waals surface area contributed by atoms with Crippen LogP contribution in [-0.2, 0) is 0 Å². The maximum absolute atomic E-state index is 12.5. The van der Waals surface area contributed by atoms with E-state index in [-0.39, 0.29) is 5.78 Å². The van der Waals surface area contributed by atoms with Gasteiger partial charge < -0.3 is 4.98 Å². The maximum atomic E-state index is 12.5. The maximum Gasteiger partial charge on any atom is 0.195 e. The topological polar surface area (TPSA) is 32.9 Å². The van der Waals surface area contributed by atoms with Crippen molar-refractivity contribution in [3.05, 3.63) is 70.4 Å². The van der Waals surface area contributed by atoms with Gasteiger partial charge in [0, 0.05) is 33.2 Å². The number of hydrogen-bond donors (Lipinski definition) is 1. The van der Waals surface area contributed by atoms with Crippen LogP contribution >= 0.6 is 11.6 Å². The van der Waals surface area contributed by atoms with E-state index in [1.54, 1.807) is 30.5 Å². The van der Waals surface area contributed by atoms with Gasteiger partial charge in [-0.25, -0.2) is 0 Å². The van der Waals surface area contributed by atoms with E-state index in [1.165, 1.54) is 0 Å². The molecule has 0 amide bonds. The minimum atomic E-state index is 0.0113. The summed E-state index contributed by atoms with van der Waals surface area (Å²) in [6.45, 7) is 2.01. The number of carbonyl (C=O) groups is 1. The molecule has 1 N–H and O–H groups in total. The molecule has 3 aromatic rings. The number of nitrogens with one attached hydrogen (secondary N) is 1. The highest BCUT2D eigenvalue weighted by Crippen LogP contribution is 2.24. The summed E-state index contributed by atoms with van der Waals surface area (Å²) in [5, 5.41) is 1.62. The number of rotatable bonds is 2. The van der Waals surface area contributed by atoms with Crippen molar-refractivity contribution in [2.24, 2.45) is 0 Å². The minimum Gasteiger partial charge on any atom is -0.360 e. The average Bonchev–Trinajstić information content (AvgIpc) is 2.84. The van der Waals surface area contributed by atoms with Gasteiger partial charge in [0.25, 0.3) is 0 Å². The van der Waals surface area contributed by atoms with Crippen molar-refractivity contribution in [1.29, 1.82) is 0 Å². The number of carbonyl (C=O) groups excluding carboxylic acids is 1. The van der Waals surface area contributed by atoms with Crippen molar-refractivity contribution in [1.82, 2.24) is 4.98 Å². The molecular formula is C16H12ClNO. The van der Waals surface area contributed by atoms with Crippen molar-refractivity contribution in [2.45, 2.75) is 6.92 Å². The van der Waals surface area contributed by atoms with Crippen LogP contribution in [0.1, 0.15) is 21.5 Å². The summed E-state index contributed by atoms with van der Waals surface area (Å²) in [4.78, 5) is 15.7. The molecular weight excluding hydrogens is 258 g/mol. The van der Waals surface area contributed by atoms with Gasteiger partial charge >= 0.3 is 0 Å². The second kappa shape index (κ2) is 4.56. The lowest BCUT2D eigenvalue weighted by atomic mass is 10.0. The lowest BCUT2D eigenvalue weighted by Crippen LogP contribution is -2.00. The molecule has 0 atom stereocenters. The van der Waals surface area contributed by atoms with Gasteiger partial charge in [-0.2, -0.15) is 0 Å². The molecule has 0 unspecified atom stereocenters. The quantitative estimate of drug-likeness (QED) is 0.689. The first kappa shape index (κ1) is 12.0. The fourth-order valence-corrected chi connectivity index (χ4v) is 2.43. The first-order valence-electron chi connectivity index (χ1n) is 6.04. The summed E-state index contributed by atoms with van der Waals surface area (Å²) in [6.07, 6.45) is 1.77. The number of fused-ring (bicyclic) bond motifs is 1. The molecule has 3 rings (SSSR count). The van der Waals surface area contributed by atoms with Crippen LogP contribution in [0.15, 0.2) is 48.7 Å². The number of aryl methyl sites for hydroxylation is 1. The number of halogens is 1. The number of aromatic nitrogens is 1. The van der Waals surface area contributed by atoms with Gasteiger partial charge in [-0.3, -0.25) is 4.79 Å². The smallest absolute Gasteiger partial charge is 0.195 e. The summed E-state index contributed by atoms with van der Waals surface area (Å²) in [5.41, 5.74) is 3.43. The molecule has 0 aliphatic carbocycles. The molecule has 0 saturated heterocycles. The third-order valence-electron chi connectivity index (χ3n) is 3.27. The second-order valence-electron chi connectivity index (χ2n) is 4.54. The highest BCUT2D eigenvalue weighted by molar-refractivity contribution is 6.30. The van der Waals surface area contributed by atoms with Crippen LogP contribution < -0.4 is 0 Å². The second-order valence-corrected chi connectivity index (χ2v) is 4.97. The van der Waals surface area contributed by atoms with E-state index < -0.39 is 0 Å². The zero-order valence-electron chi connectivity index (χ0n) is 10.4. The van der Waals surface area contributed by atoms with Gasteiger partial charge in [0.1, 0.15) is 0 Å². The number of hydrogen-bond acceptors (Lipinski definition) is 1. The van der Waals surface area contributed by atoms with E-state index in [0.717, 1.165) is 16.5 Å². The monoisotopic (exact) mass is 269 g/mol. The summed E-state index contributed by atoms with van der Waals surface area (Å²) >= 11 is 5.84. The van der Waals surface area contributed by atoms with Gasteiger partial charge in [-0.05, 0) is 42.8 Å². The highest BCUT2D eigenvalue weighted by atomic mass is 35.5. The highest BCUT2D eigenvalue weighted by Gasteiger charge is 2.15. The van der Waals surface area contributed by atoms with Gasteiger partial charge in [0.15, 0.2) is 5.78 Å². The Morgan fingerprint density at radius 3 is 2.58 bits per heavy atom. The van der Waals surface area contributed by atoms with Crippen molar-refractivity contribution < 1.29 is 4.79 Å². The van der Waals surface area contributed by atoms with E-state index in [1.807, 2.05) is 25.1 Å². The Labute approximate surface area is 116 Å². The van der Waals surface area contributed by atoms with E-state index in [4.69, 9.17) is 11.6 Å². The lowest BCUT2D eigenvalue weighted by Gasteiger charge is -2.02. The largest absolute Gasteiger partial charge is 0.360 e. The standard InChI is InChI=1S/C16H12ClNO/c1-10-3-2-4-14-15(10)13(9-18-14)16(19)11-5-7-12(17)8-6-11/h2-9,18H,1H3. The van der Waals surface area contributed by atoms with Crippen molar-refractivity contribution in [2.75, 3.05) is 0 Å². The first-order valence-corrected chi connectivity index (χ1v) is 6.41. The van der Waals surface area contributed by atoms with Crippen LogP contribution in [-0.4, -0.2) is 10.8 Å². The van der Waals surface area contributed by atoms with E-state index in [2.05, 4.69) is 4.98 Å². The summed E-state index contributed by atoms with van der Waals surface area (Å²) in [7, 11) is 0. The SMILES string of the molecule is Cc1cccc2[nH]cc(C(=O)c3ccc(Cl)cc3)c12. The van der Waals surface area contributed by atoms with Gasteiger partial charge in [0.2, 0.25) is 0 Å². The van der Waals surface area contributed by atoms with E-state index >= 15 is 0 Å². The fraction of sp³-hybridized carbons (Fsp3) is 0.0625. The van der Waals surface area contributed by atoms with Crippen LogP contribution in [0.2, 0.25) is 5.02 Å². The predicted molar refractivity (Wildman–Crippen MR) is 77.9 cm³/mol. The Morgan fingerprint density at radius 2 is 1.84 bits per heavy atom. The molecule has 0 spiro atoms. The Kier molecular flexibility index (Phi) is 2.88. The lowest BCUT2D eigenvalue weighted by molar-refractivity contribution is 0.104. The molecule has 94 valence electrons. The van der Waals surface area contributed by atoms with Crippen LogP contribution in [0.25, 0.3) is 10.9 Å². The summed E-state index contributed by atoms with van der Waals surface area (Å²) in [5.74, 6) is 0.0113. The molecule has 0 aliphatic rings. The van der Waals surface area contributed by atoms with Crippen LogP contribution in [0.4, 0.5) is 0 Å². The zero-order valence-corrected chi connectivity index (χ0v) is 11.2. The molecule has 2 nitrogen and oxygen atoms in total. The van der Waals surface area contributed by atoms with Crippen molar-refractivity contribution in [3.63, 3.8) is 0 Å². The number of aromatic amines is 1. The van der Waals surface area contributed by atoms with Gasteiger partial charge in [0.05, 0.1) is 0 Å². The fourth-order valence-electron chi connectivity index (χ4n) is 2.30.